The summed E-state index contributed by atoms with van der Waals surface area (Å²) in [5.41, 5.74) is 0.476. The zero-order chi connectivity index (χ0) is 18.6. The van der Waals surface area contributed by atoms with Crippen molar-refractivity contribution in [1.29, 1.82) is 0 Å². The third-order valence-electron chi connectivity index (χ3n) is 4.12. The molecule has 0 radical (unpaired) electrons. The summed E-state index contributed by atoms with van der Waals surface area (Å²) in [6.07, 6.45) is 2.31. The summed E-state index contributed by atoms with van der Waals surface area (Å²) in [6, 6.07) is 6.10. The molecule has 2 N–H and O–H groups in total. The lowest BCUT2D eigenvalue weighted by Crippen LogP contribution is -2.51. The van der Waals surface area contributed by atoms with Gasteiger partial charge in [0.25, 0.3) is 5.91 Å². The molecule has 2 rings (SSSR count). The van der Waals surface area contributed by atoms with Crippen molar-refractivity contribution in [2.24, 2.45) is 0 Å². The van der Waals surface area contributed by atoms with Gasteiger partial charge in [-0.1, -0.05) is 15.9 Å². The Labute approximate surface area is 156 Å². The van der Waals surface area contributed by atoms with Crippen LogP contribution in [0.2, 0.25) is 0 Å². The van der Waals surface area contributed by atoms with Gasteiger partial charge in [-0.15, -0.1) is 0 Å². The summed E-state index contributed by atoms with van der Waals surface area (Å²) < 4.78 is 25.3. The van der Waals surface area contributed by atoms with E-state index in [1.54, 1.807) is 31.2 Å². The first-order valence-corrected chi connectivity index (χ1v) is 10.6. The lowest BCUT2D eigenvalue weighted by molar-refractivity contribution is -0.123. The first-order chi connectivity index (χ1) is 11.7. The minimum absolute atomic E-state index is 0.0856. The Morgan fingerprint density at radius 2 is 1.76 bits per heavy atom. The molecule has 0 unspecified atom stereocenters. The molecule has 9 heteroatoms. The quantitative estimate of drug-likeness (QED) is 0.729. The van der Waals surface area contributed by atoms with Crippen molar-refractivity contribution in [3.05, 3.63) is 34.3 Å². The molecule has 1 heterocycles. The number of carbonyl (C=O) groups is 2. The first-order valence-electron chi connectivity index (χ1n) is 7.99. The van der Waals surface area contributed by atoms with Crippen LogP contribution in [-0.2, 0) is 14.8 Å². The fourth-order valence-electron chi connectivity index (χ4n) is 2.60. The summed E-state index contributed by atoms with van der Waals surface area (Å²) in [5, 5.41) is 5.54. The molecule has 1 aliphatic heterocycles. The maximum absolute atomic E-state index is 12.2. The van der Waals surface area contributed by atoms with Crippen LogP contribution < -0.4 is 10.6 Å². The molecule has 7 nitrogen and oxygen atoms in total. The highest BCUT2D eigenvalue weighted by Crippen LogP contribution is 2.13. The third-order valence-corrected chi connectivity index (χ3v) is 5.95. The molecule has 0 aromatic heterocycles. The average molecular weight is 432 g/mol. The van der Waals surface area contributed by atoms with E-state index in [1.165, 1.54) is 10.6 Å². The predicted molar refractivity (Wildman–Crippen MR) is 98.7 cm³/mol. The number of benzene rings is 1. The van der Waals surface area contributed by atoms with Gasteiger partial charge >= 0.3 is 0 Å². The van der Waals surface area contributed by atoms with Crippen molar-refractivity contribution >= 4 is 37.8 Å². The Morgan fingerprint density at radius 3 is 2.28 bits per heavy atom. The van der Waals surface area contributed by atoms with Crippen molar-refractivity contribution in [2.75, 3.05) is 19.3 Å². The third kappa shape index (κ3) is 5.79. The van der Waals surface area contributed by atoms with Crippen molar-refractivity contribution in [1.82, 2.24) is 14.9 Å². The molecule has 138 valence electrons. The topological polar surface area (TPSA) is 95.6 Å². The maximum Gasteiger partial charge on any atom is 0.251 e. The van der Waals surface area contributed by atoms with Crippen LogP contribution in [0.1, 0.15) is 30.1 Å². The predicted octanol–water partition coefficient (Wildman–Crippen LogP) is 1.11. The molecule has 1 saturated heterocycles. The summed E-state index contributed by atoms with van der Waals surface area (Å²) in [7, 11) is -3.18. The van der Waals surface area contributed by atoms with Gasteiger partial charge < -0.3 is 10.6 Å². The van der Waals surface area contributed by atoms with Gasteiger partial charge in [-0.3, -0.25) is 9.59 Å². The molecular weight excluding hydrogens is 410 g/mol. The Bertz CT molecular complexity index is 728. The van der Waals surface area contributed by atoms with Crippen molar-refractivity contribution in [2.45, 2.75) is 31.8 Å². The van der Waals surface area contributed by atoms with Crippen LogP contribution in [0.25, 0.3) is 0 Å². The molecule has 0 saturated carbocycles. The van der Waals surface area contributed by atoms with Gasteiger partial charge in [0.05, 0.1) is 6.26 Å². The van der Waals surface area contributed by atoms with Gasteiger partial charge in [0.1, 0.15) is 6.04 Å². The number of carbonyl (C=O) groups excluding carboxylic acids is 2. The number of hydrogen-bond acceptors (Lipinski definition) is 4. The monoisotopic (exact) mass is 431 g/mol. The molecule has 1 atom stereocenters. The maximum atomic E-state index is 12.2. The Balaban J connectivity index is 1.82. The van der Waals surface area contributed by atoms with Crippen LogP contribution in [0.4, 0.5) is 0 Å². The van der Waals surface area contributed by atoms with Gasteiger partial charge in [0, 0.05) is 29.2 Å². The molecule has 2 amide bonds. The lowest BCUT2D eigenvalue weighted by Gasteiger charge is -2.31. The number of amides is 2. The molecule has 0 aliphatic carbocycles. The van der Waals surface area contributed by atoms with Crippen LogP contribution in [-0.4, -0.2) is 56.0 Å². The van der Waals surface area contributed by atoms with Crippen LogP contribution in [0.15, 0.2) is 28.7 Å². The van der Waals surface area contributed by atoms with E-state index in [0.717, 1.165) is 4.47 Å². The fourth-order valence-corrected chi connectivity index (χ4v) is 3.74. The van der Waals surface area contributed by atoms with E-state index < -0.39 is 16.1 Å². The molecule has 1 aliphatic rings. The van der Waals surface area contributed by atoms with Crippen molar-refractivity contribution < 1.29 is 18.0 Å². The summed E-state index contributed by atoms with van der Waals surface area (Å²) in [6.45, 7) is 2.41. The van der Waals surface area contributed by atoms with E-state index >= 15 is 0 Å². The number of piperidine rings is 1. The van der Waals surface area contributed by atoms with Crippen LogP contribution in [0.5, 0.6) is 0 Å². The number of hydrogen-bond donors (Lipinski definition) is 2. The number of halogens is 1. The van der Waals surface area contributed by atoms with E-state index in [4.69, 9.17) is 0 Å². The second-order valence-electron chi connectivity index (χ2n) is 6.15. The molecule has 25 heavy (non-hydrogen) atoms. The highest BCUT2D eigenvalue weighted by atomic mass is 79.9. The molecular formula is C16H22BrN3O4S. The normalized spacial score (nSPS) is 17.7. The van der Waals surface area contributed by atoms with E-state index in [1.807, 2.05) is 0 Å². The van der Waals surface area contributed by atoms with Crippen molar-refractivity contribution in [3.63, 3.8) is 0 Å². The van der Waals surface area contributed by atoms with Gasteiger partial charge in [0.15, 0.2) is 0 Å². The van der Waals surface area contributed by atoms with E-state index in [2.05, 4.69) is 26.6 Å². The largest absolute Gasteiger partial charge is 0.351 e. The van der Waals surface area contributed by atoms with E-state index in [-0.39, 0.29) is 17.9 Å². The smallest absolute Gasteiger partial charge is 0.251 e. The second kappa shape index (κ2) is 8.29. The Morgan fingerprint density at radius 1 is 1.20 bits per heavy atom. The summed E-state index contributed by atoms with van der Waals surface area (Å²) in [4.78, 5) is 24.4. The van der Waals surface area contributed by atoms with Gasteiger partial charge in [-0.05, 0) is 44.0 Å². The molecule has 1 aromatic carbocycles. The Hall–Kier alpha value is -1.45. The number of nitrogens with zero attached hydrogens (tertiary/aromatic N) is 1. The van der Waals surface area contributed by atoms with Gasteiger partial charge in [-0.25, -0.2) is 12.7 Å². The van der Waals surface area contributed by atoms with Crippen LogP contribution >= 0.6 is 15.9 Å². The minimum Gasteiger partial charge on any atom is -0.351 e. The first kappa shape index (κ1) is 19.9. The van der Waals surface area contributed by atoms with Gasteiger partial charge in [0.2, 0.25) is 15.9 Å². The molecule has 0 spiro atoms. The Kier molecular flexibility index (Phi) is 6.59. The highest BCUT2D eigenvalue weighted by Gasteiger charge is 2.27. The zero-order valence-electron chi connectivity index (χ0n) is 14.2. The summed E-state index contributed by atoms with van der Waals surface area (Å²) >= 11 is 3.30. The van der Waals surface area contributed by atoms with Gasteiger partial charge in [-0.2, -0.15) is 0 Å². The number of nitrogens with one attached hydrogen (secondary N) is 2. The highest BCUT2D eigenvalue weighted by molar-refractivity contribution is 9.10. The SMILES string of the molecule is C[C@@H](NC(=O)c1ccc(Br)cc1)C(=O)NC1CCN(S(C)(=O)=O)CC1. The minimum atomic E-state index is -3.18. The lowest BCUT2D eigenvalue weighted by atomic mass is 10.1. The number of sulfonamides is 1. The fraction of sp³-hybridized carbons (Fsp3) is 0.500. The van der Waals surface area contributed by atoms with Crippen LogP contribution in [0, 0.1) is 0 Å². The van der Waals surface area contributed by atoms with Crippen LogP contribution in [0.3, 0.4) is 0 Å². The molecule has 0 bridgehead atoms. The molecule has 1 fully saturated rings. The molecule has 1 aromatic rings. The average Bonchev–Trinajstić information content (AvgIpc) is 2.55. The van der Waals surface area contributed by atoms with E-state index in [0.29, 0.717) is 31.5 Å². The standard InChI is InChI=1S/C16H22BrN3O4S/c1-11(18-16(22)12-3-5-13(17)6-4-12)15(21)19-14-7-9-20(10-8-14)25(2,23)24/h3-6,11,14H,7-10H2,1-2H3,(H,18,22)(H,19,21)/t11-/m1/s1. The summed E-state index contributed by atoms with van der Waals surface area (Å²) in [5.74, 6) is -0.592. The van der Waals surface area contributed by atoms with Crippen molar-refractivity contribution in [3.8, 4) is 0 Å². The number of rotatable bonds is 5. The zero-order valence-corrected chi connectivity index (χ0v) is 16.6. The second-order valence-corrected chi connectivity index (χ2v) is 9.05. The van der Waals surface area contributed by atoms with E-state index in [9.17, 15) is 18.0 Å².